The van der Waals surface area contributed by atoms with Gasteiger partial charge in [0.1, 0.15) is 0 Å². The van der Waals surface area contributed by atoms with E-state index in [9.17, 15) is 0 Å². The molecule has 0 aliphatic heterocycles. The van der Waals surface area contributed by atoms with Gasteiger partial charge in [0.25, 0.3) is 0 Å². The van der Waals surface area contributed by atoms with Crippen molar-refractivity contribution in [2.24, 2.45) is 0 Å². The molecular weight excluding hydrogens is 438 g/mol. The van der Waals surface area contributed by atoms with Crippen LogP contribution in [0, 0.1) is 0 Å². The summed E-state index contributed by atoms with van der Waals surface area (Å²) in [5, 5.41) is 0. The summed E-state index contributed by atoms with van der Waals surface area (Å²) in [5.74, 6) is 0.476. The SMILES string of the molecule is CC1=Cc2c(ccc(C(C)(C)C)c2-c2ccccc2C(C)C)[CH]1[Zr]([Cl])[Cl]. The van der Waals surface area contributed by atoms with Crippen LogP contribution in [0.3, 0.4) is 0 Å². The Kier molecular flexibility index (Phi) is 5.94. The molecule has 2 aromatic rings. The Bertz CT molecular complexity index is 857. The van der Waals surface area contributed by atoms with Gasteiger partial charge in [-0.1, -0.05) is 0 Å². The number of allylic oxidation sites excluding steroid dienone is 1. The van der Waals surface area contributed by atoms with Crippen molar-refractivity contribution in [3.63, 3.8) is 0 Å². The van der Waals surface area contributed by atoms with E-state index in [0.29, 0.717) is 5.92 Å². The molecule has 2 aromatic carbocycles. The van der Waals surface area contributed by atoms with Gasteiger partial charge in [-0.3, -0.25) is 0 Å². The second kappa shape index (κ2) is 7.58. The van der Waals surface area contributed by atoms with E-state index in [1.54, 1.807) is 0 Å². The molecule has 0 spiro atoms. The predicted molar refractivity (Wildman–Crippen MR) is 113 cm³/mol. The van der Waals surface area contributed by atoms with Crippen LogP contribution in [0.1, 0.15) is 73.3 Å². The van der Waals surface area contributed by atoms with Crippen molar-refractivity contribution in [2.75, 3.05) is 0 Å². The zero-order valence-corrected chi connectivity index (χ0v) is 20.4. The molecule has 3 heteroatoms. The fourth-order valence-electron chi connectivity index (χ4n) is 4.03. The first kappa shape index (κ1) is 20.4. The fraction of sp³-hybridized carbons (Fsp3) is 0.391. The Morgan fingerprint density at radius 2 is 1.65 bits per heavy atom. The topological polar surface area (TPSA) is 0 Å². The number of halogens is 2. The first-order valence-corrected chi connectivity index (χ1v) is 17.0. The molecule has 0 radical (unpaired) electrons. The fourth-order valence-corrected chi connectivity index (χ4v) is 9.71. The third kappa shape index (κ3) is 3.65. The summed E-state index contributed by atoms with van der Waals surface area (Å²) in [6.45, 7) is 13.6. The minimum absolute atomic E-state index is 0.0673. The van der Waals surface area contributed by atoms with Crippen molar-refractivity contribution >= 4 is 23.1 Å². The second-order valence-electron chi connectivity index (χ2n) is 8.59. The van der Waals surface area contributed by atoms with Crippen LogP contribution in [0.4, 0.5) is 0 Å². The Hall–Kier alpha value is -0.357. The molecule has 1 atom stereocenters. The summed E-state index contributed by atoms with van der Waals surface area (Å²) in [4.78, 5) is 0. The van der Waals surface area contributed by atoms with E-state index in [2.05, 4.69) is 84.0 Å². The summed E-state index contributed by atoms with van der Waals surface area (Å²) in [5.41, 5.74) is 9.59. The van der Waals surface area contributed by atoms with Gasteiger partial charge in [0.2, 0.25) is 0 Å². The molecule has 0 aromatic heterocycles. The van der Waals surface area contributed by atoms with E-state index in [1.165, 1.54) is 39.0 Å². The van der Waals surface area contributed by atoms with Crippen molar-refractivity contribution in [3.05, 3.63) is 64.2 Å². The normalized spacial score (nSPS) is 16.7. The number of rotatable bonds is 3. The van der Waals surface area contributed by atoms with Gasteiger partial charge in [-0.15, -0.1) is 0 Å². The molecular formula is C23H27Cl2Zr. The van der Waals surface area contributed by atoms with Crippen LogP contribution in [0.5, 0.6) is 0 Å². The monoisotopic (exact) mass is 463 g/mol. The minimum atomic E-state index is -2.44. The third-order valence-corrected chi connectivity index (χ3v) is 10.8. The summed E-state index contributed by atoms with van der Waals surface area (Å²) in [6, 6.07) is 13.4. The van der Waals surface area contributed by atoms with E-state index < -0.39 is 19.4 Å². The molecule has 0 N–H and O–H groups in total. The number of hydrogen-bond acceptors (Lipinski definition) is 0. The van der Waals surface area contributed by atoms with Crippen LogP contribution in [-0.4, -0.2) is 0 Å². The van der Waals surface area contributed by atoms with Gasteiger partial charge in [0, 0.05) is 0 Å². The Balaban J connectivity index is 2.38. The maximum atomic E-state index is 6.54. The molecule has 0 saturated heterocycles. The van der Waals surface area contributed by atoms with Gasteiger partial charge in [-0.05, 0) is 0 Å². The number of fused-ring (bicyclic) bond motifs is 1. The van der Waals surface area contributed by atoms with Gasteiger partial charge >= 0.3 is 174 Å². The summed E-state index contributed by atoms with van der Waals surface area (Å²) >= 11 is -2.44. The number of benzene rings is 2. The molecule has 1 aliphatic carbocycles. The second-order valence-corrected chi connectivity index (χ2v) is 17.4. The summed E-state index contributed by atoms with van der Waals surface area (Å²) in [7, 11) is 13.1. The molecule has 0 saturated carbocycles. The summed E-state index contributed by atoms with van der Waals surface area (Å²) < 4.78 is 0.273. The third-order valence-electron chi connectivity index (χ3n) is 5.30. The van der Waals surface area contributed by atoms with Crippen LogP contribution < -0.4 is 0 Å². The molecule has 0 fully saturated rings. The van der Waals surface area contributed by atoms with Crippen LogP contribution in [0.25, 0.3) is 17.2 Å². The van der Waals surface area contributed by atoms with Gasteiger partial charge in [-0.25, -0.2) is 0 Å². The van der Waals surface area contributed by atoms with Crippen molar-refractivity contribution < 1.29 is 19.4 Å². The molecule has 1 aliphatic rings. The standard InChI is InChI=1S/C23H27.2ClH.Zr/c1-15(2)18-9-7-8-10-19(18)22-20-14-16(3)13-17(20)11-12-21(22)23(4,5)6;;;/h7-15H,1-6H3;2*1H;/q;;;+2/p-2. The molecule has 26 heavy (non-hydrogen) atoms. The van der Waals surface area contributed by atoms with Crippen LogP contribution in [-0.2, 0) is 24.8 Å². The van der Waals surface area contributed by atoms with E-state index >= 15 is 0 Å². The maximum absolute atomic E-state index is 6.54. The first-order chi connectivity index (χ1) is 12.1. The molecule has 1 unspecified atom stereocenters. The van der Waals surface area contributed by atoms with Crippen molar-refractivity contribution in [3.8, 4) is 11.1 Å². The molecule has 3 rings (SSSR count). The van der Waals surface area contributed by atoms with Crippen LogP contribution in [0.15, 0.2) is 42.0 Å². The van der Waals surface area contributed by atoms with E-state index in [4.69, 9.17) is 17.0 Å². The van der Waals surface area contributed by atoms with Crippen LogP contribution in [0.2, 0.25) is 0 Å². The van der Waals surface area contributed by atoms with Crippen molar-refractivity contribution in [1.29, 1.82) is 0 Å². The molecule has 0 amide bonds. The zero-order valence-electron chi connectivity index (χ0n) is 16.5. The van der Waals surface area contributed by atoms with Gasteiger partial charge in [0.15, 0.2) is 0 Å². The van der Waals surface area contributed by atoms with E-state index in [-0.39, 0.29) is 9.04 Å². The molecule has 0 bridgehead atoms. The Morgan fingerprint density at radius 1 is 1.00 bits per heavy atom. The number of hydrogen-bond donors (Lipinski definition) is 0. The van der Waals surface area contributed by atoms with E-state index in [1.807, 2.05) is 0 Å². The predicted octanol–water partition coefficient (Wildman–Crippen LogP) is 8.16. The van der Waals surface area contributed by atoms with Gasteiger partial charge in [-0.2, -0.15) is 0 Å². The Morgan fingerprint density at radius 3 is 2.23 bits per heavy atom. The first-order valence-electron chi connectivity index (χ1n) is 9.25. The van der Waals surface area contributed by atoms with Crippen molar-refractivity contribution in [2.45, 2.75) is 56.5 Å². The molecule has 0 nitrogen and oxygen atoms in total. The summed E-state index contributed by atoms with van der Waals surface area (Å²) in [6.07, 6.45) is 2.34. The van der Waals surface area contributed by atoms with Gasteiger partial charge in [0.05, 0.1) is 0 Å². The zero-order chi connectivity index (χ0) is 19.2. The average Bonchev–Trinajstić information content (AvgIpc) is 2.88. The Labute approximate surface area is 173 Å². The van der Waals surface area contributed by atoms with Crippen LogP contribution >= 0.6 is 17.0 Å². The van der Waals surface area contributed by atoms with Gasteiger partial charge < -0.3 is 0 Å². The van der Waals surface area contributed by atoms with Crippen molar-refractivity contribution in [1.82, 2.24) is 0 Å². The quantitative estimate of drug-likeness (QED) is 0.429. The average molecular weight is 466 g/mol. The molecule has 137 valence electrons. The van der Waals surface area contributed by atoms with E-state index in [0.717, 1.165) is 0 Å². The molecule has 0 heterocycles.